The van der Waals surface area contributed by atoms with Gasteiger partial charge in [0, 0.05) is 16.0 Å². The summed E-state index contributed by atoms with van der Waals surface area (Å²) in [6.07, 6.45) is 0. The van der Waals surface area contributed by atoms with Gasteiger partial charge in [0.05, 0.1) is 16.2 Å². The molecule has 1 aromatic heterocycles. The number of aromatic nitrogens is 1. The second kappa shape index (κ2) is 4.84. The van der Waals surface area contributed by atoms with Crippen LogP contribution in [0.3, 0.4) is 0 Å². The highest BCUT2D eigenvalue weighted by molar-refractivity contribution is 6.35. The molecular formula is C16H11Cl2N. The Hall–Kier alpha value is -1.57. The molecule has 0 saturated heterocycles. The number of halogens is 2. The van der Waals surface area contributed by atoms with E-state index in [1.807, 2.05) is 30.3 Å². The highest BCUT2D eigenvalue weighted by Crippen LogP contribution is 2.31. The summed E-state index contributed by atoms with van der Waals surface area (Å²) < 4.78 is 0. The molecule has 0 aliphatic rings. The van der Waals surface area contributed by atoms with Crippen LogP contribution in [0.1, 0.15) is 5.56 Å². The van der Waals surface area contributed by atoms with Gasteiger partial charge >= 0.3 is 0 Å². The van der Waals surface area contributed by atoms with Gasteiger partial charge in [-0.05, 0) is 42.8 Å². The van der Waals surface area contributed by atoms with Gasteiger partial charge in [0.25, 0.3) is 0 Å². The Bertz CT molecular complexity index is 766. The smallest absolute Gasteiger partial charge is 0.0727 e. The standard InChI is InChI=1S/C16H11Cl2N/c1-10-8-16(13-9-11(17)6-7-14(13)18)19-15-5-3-2-4-12(10)15/h2-9H,1H3. The zero-order valence-corrected chi connectivity index (χ0v) is 11.8. The van der Waals surface area contributed by atoms with Gasteiger partial charge in [0.1, 0.15) is 0 Å². The van der Waals surface area contributed by atoms with Crippen LogP contribution in [-0.4, -0.2) is 4.98 Å². The molecule has 3 rings (SSSR count). The quantitative estimate of drug-likeness (QED) is 0.574. The van der Waals surface area contributed by atoms with Gasteiger partial charge < -0.3 is 0 Å². The first-order valence-electron chi connectivity index (χ1n) is 5.97. The van der Waals surface area contributed by atoms with Crippen LogP contribution in [0.5, 0.6) is 0 Å². The lowest BCUT2D eigenvalue weighted by atomic mass is 10.1. The summed E-state index contributed by atoms with van der Waals surface area (Å²) in [5.74, 6) is 0. The molecular weight excluding hydrogens is 277 g/mol. The molecule has 0 radical (unpaired) electrons. The van der Waals surface area contributed by atoms with Gasteiger partial charge in [-0.25, -0.2) is 4.98 Å². The summed E-state index contributed by atoms with van der Waals surface area (Å²) in [7, 11) is 0. The topological polar surface area (TPSA) is 12.9 Å². The van der Waals surface area contributed by atoms with Crippen LogP contribution < -0.4 is 0 Å². The van der Waals surface area contributed by atoms with Crippen molar-refractivity contribution in [2.24, 2.45) is 0 Å². The zero-order valence-electron chi connectivity index (χ0n) is 10.3. The number of fused-ring (bicyclic) bond motifs is 1. The number of para-hydroxylation sites is 1. The molecule has 0 N–H and O–H groups in total. The van der Waals surface area contributed by atoms with E-state index in [0.29, 0.717) is 10.0 Å². The van der Waals surface area contributed by atoms with Crippen LogP contribution in [-0.2, 0) is 0 Å². The summed E-state index contributed by atoms with van der Waals surface area (Å²) in [5, 5.41) is 2.47. The number of hydrogen-bond acceptors (Lipinski definition) is 1. The van der Waals surface area contributed by atoms with Crippen molar-refractivity contribution in [2.45, 2.75) is 6.92 Å². The van der Waals surface area contributed by atoms with Gasteiger partial charge in [0.15, 0.2) is 0 Å². The molecule has 0 bridgehead atoms. The van der Waals surface area contributed by atoms with E-state index in [1.54, 1.807) is 12.1 Å². The molecule has 3 aromatic rings. The lowest BCUT2D eigenvalue weighted by molar-refractivity contribution is 1.36. The van der Waals surface area contributed by atoms with E-state index >= 15 is 0 Å². The highest BCUT2D eigenvalue weighted by Gasteiger charge is 2.08. The number of benzene rings is 2. The van der Waals surface area contributed by atoms with E-state index in [4.69, 9.17) is 23.2 Å². The van der Waals surface area contributed by atoms with E-state index in [-0.39, 0.29) is 0 Å². The van der Waals surface area contributed by atoms with E-state index in [2.05, 4.69) is 18.0 Å². The van der Waals surface area contributed by atoms with Crippen molar-refractivity contribution in [2.75, 3.05) is 0 Å². The Labute approximate surface area is 121 Å². The minimum atomic E-state index is 0.659. The minimum absolute atomic E-state index is 0.659. The van der Waals surface area contributed by atoms with Crippen LogP contribution >= 0.6 is 23.2 Å². The first-order valence-corrected chi connectivity index (χ1v) is 6.72. The first-order chi connectivity index (χ1) is 9.15. The lowest BCUT2D eigenvalue weighted by Crippen LogP contribution is -1.89. The first kappa shape index (κ1) is 12.5. The molecule has 0 atom stereocenters. The van der Waals surface area contributed by atoms with Crippen molar-refractivity contribution < 1.29 is 0 Å². The van der Waals surface area contributed by atoms with Gasteiger partial charge in [0.2, 0.25) is 0 Å². The number of hydrogen-bond donors (Lipinski definition) is 0. The third-order valence-electron chi connectivity index (χ3n) is 3.13. The van der Waals surface area contributed by atoms with E-state index in [9.17, 15) is 0 Å². The maximum absolute atomic E-state index is 6.24. The fraction of sp³-hybridized carbons (Fsp3) is 0.0625. The molecule has 19 heavy (non-hydrogen) atoms. The summed E-state index contributed by atoms with van der Waals surface area (Å²) in [4.78, 5) is 4.67. The predicted octanol–water partition coefficient (Wildman–Crippen LogP) is 5.52. The maximum atomic E-state index is 6.24. The fourth-order valence-electron chi connectivity index (χ4n) is 2.18. The molecule has 0 spiro atoms. The molecule has 0 aliphatic carbocycles. The van der Waals surface area contributed by atoms with E-state index in [0.717, 1.165) is 22.2 Å². The van der Waals surface area contributed by atoms with E-state index < -0.39 is 0 Å². The molecule has 0 aliphatic heterocycles. The summed E-state index contributed by atoms with van der Waals surface area (Å²) >= 11 is 12.3. The zero-order chi connectivity index (χ0) is 13.4. The third-order valence-corrected chi connectivity index (χ3v) is 3.69. The van der Waals surface area contributed by atoms with Crippen LogP contribution in [0.15, 0.2) is 48.5 Å². The van der Waals surface area contributed by atoms with E-state index in [1.165, 1.54) is 5.56 Å². The third kappa shape index (κ3) is 2.32. The van der Waals surface area contributed by atoms with Crippen LogP contribution in [0.4, 0.5) is 0 Å². The molecule has 1 nitrogen and oxygen atoms in total. The van der Waals surface area contributed by atoms with Crippen molar-refractivity contribution in [3.05, 3.63) is 64.1 Å². The number of nitrogens with zero attached hydrogens (tertiary/aromatic N) is 1. The molecule has 2 aromatic carbocycles. The monoisotopic (exact) mass is 287 g/mol. The highest BCUT2D eigenvalue weighted by atomic mass is 35.5. The molecule has 94 valence electrons. The molecule has 0 amide bonds. The van der Waals surface area contributed by atoms with Crippen molar-refractivity contribution in [1.29, 1.82) is 0 Å². The Morgan fingerprint density at radius 2 is 1.74 bits per heavy atom. The Kier molecular flexibility index (Phi) is 3.17. The van der Waals surface area contributed by atoms with Crippen molar-refractivity contribution in [1.82, 2.24) is 4.98 Å². The predicted molar refractivity (Wildman–Crippen MR) is 81.9 cm³/mol. The number of aryl methyl sites for hydroxylation is 1. The number of rotatable bonds is 1. The molecule has 1 heterocycles. The van der Waals surface area contributed by atoms with Gasteiger partial charge in [-0.15, -0.1) is 0 Å². The fourth-order valence-corrected chi connectivity index (χ4v) is 2.57. The second-order valence-corrected chi connectivity index (χ2v) is 5.31. The second-order valence-electron chi connectivity index (χ2n) is 4.47. The molecule has 0 unspecified atom stereocenters. The van der Waals surface area contributed by atoms with Gasteiger partial charge in [-0.2, -0.15) is 0 Å². The summed E-state index contributed by atoms with van der Waals surface area (Å²) in [6.45, 7) is 2.08. The largest absolute Gasteiger partial charge is 0.248 e. The average Bonchev–Trinajstić information content (AvgIpc) is 2.41. The Morgan fingerprint density at radius 1 is 0.947 bits per heavy atom. The normalized spacial score (nSPS) is 10.9. The van der Waals surface area contributed by atoms with Gasteiger partial charge in [-0.3, -0.25) is 0 Å². The van der Waals surface area contributed by atoms with Crippen LogP contribution in [0, 0.1) is 6.92 Å². The lowest BCUT2D eigenvalue weighted by Gasteiger charge is -2.08. The van der Waals surface area contributed by atoms with Crippen molar-refractivity contribution in [3.63, 3.8) is 0 Å². The average molecular weight is 288 g/mol. The summed E-state index contributed by atoms with van der Waals surface area (Å²) in [6, 6.07) is 15.5. The summed E-state index contributed by atoms with van der Waals surface area (Å²) in [5.41, 5.74) is 3.86. The minimum Gasteiger partial charge on any atom is -0.248 e. The van der Waals surface area contributed by atoms with Gasteiger partial charge in [-0.1, -0.05) is 41.4 Å². The Morgan fingerprint density at radius 3 is 2.58 bits per heavy atom. The SMILES string of the molecule is Cc1cc(-c2cc(Cl)ccc2Cl)nc2ccccc12. The number of pyridine rings is 1. The molecule has 3 heteroatoms. The van der Waals surface area contributed by atoms with Crippen LogP contribution in [0.2, 0.25) is 10.0 Å². The maximum Gasteiger partial charge on any atom is 0.0727 e. The molecule has 0 fully saturated rings. The molecule has 0 saturated carbocycles. The van der Waals surface area contributed by atoms with Crippen molar-refractivity contribution >= 4 is 34.1 Å². The Balaban J connectivity index is 2.28. The van der Waals surface area contributed by atoms with Crippen LogP contribution in [0.25, 0.3) is 22.2 Å². The van der Waals surface area contributed by atoms with Crippen molar-refractivity contribution in [3.8, 4) is 11.3 Å².